The average Bonchev–Trinajstić information content (AvgIpc) is 2.87. The number of hydrogen-bond acceptors (Lipinski definition) is 5. The number of rotatable bonds is 7. The van der Waals surface area contributed by atoms with Gasteiger partial charge in [-0.3, -0.25) is 0 Å². The summed E-state index contributed by atoms with van der Waals surface area (Å²) < 4.78 is 22.4. The molecule has 5 heteroatoms. The number of hydrogen-bond donors (Lipinski definition) is 1. The fourth-order valence-corrected chi connectivity index (χ4v) is 4.24. The Hall–Kier alpha value is -3.70. The van der Waals surface area contributed by atoms with Gasteiger partial charge in [-0.15, -0.1) is 0 Å². The van der Waals surface area contributed by atoms with Gasteiger partial charge in [-0.25, -0.2) is 0 Å². The zero-order valence-corrected chi connectivity index (χ0v) is 18.6. The van der Waals surface area contributed by atoms with Crippen molar-refractivity contribution in [2.45, 2.75) is 5.60 Å². The first-order chi connectivity index (χ1) is 15.6. The van der Waals surface area contributed by atoms with Crippen molar-refractivity contribution in [1.29, 1.82) is 0 Å². The molecule has 1 N–H and O–H groups in total. The maximum Gasteiger partial charge on any atom is 0.148 e. The summed E-state index contributed by atoms with van der Waals surface area (Å²) in [6, 6.07) is 24.4. The van der Waals surface area contributed by atoms with Gasteiger partial charge in [-0.2, -0.15) is 0 Å². The second kappa shape index (κ2) is 8.81. The first-order valence-corrected chi connectivity index (χ1v) is 10.2. The molecule has 4 rings (SSSR count). The van der Waals surface area contributed by atoms with Crippen LogP contribution in [-0.2, 0) is 5.60 Å². The highest BCUT2D eigenvalue weighted by molar-refractivity contribution is 5.94. The van der Waals surface area contributed by atoms with Crippen molar-refractivity contribution in [2.75, 3.05) is 28.4 Å². The van der Waals surface area contributed by atoms with Crippen molar-refractivity contribution < 1.29 is 24.1 Å². The van der Waals surface area contributed by atoms with E-state index >= 15 is 0 Å². The van der Waals surface area contributed by atoms with E-state index < -0.39 is 5.60 Å². The van der Waals surface area contributed by atoms with Crippen LogP contribution in [0.5, 0.6) is 23.0 Å². The minimum Gasteiger partial charge on any atom is -0.497 e. The van der Waals surface area contributed by atoms with E-state index in [2.05, 4.69) is 0 Å². The molecule has 4 aromatic carbocycles. The lowest BCUT2D eigenvalue weighted by atomic mass is 9.77. The summed E-state index contributed by atoms with van der Waals surface area (Å²) in [4.78, 5) is 0. The smallest absolute Gasteiger partial charge is 0.148 e. The van der Waals surface area contributed by atoms with Gasteiger partial charge in [-0.1, -0.05) is 42.5 Å². The van der Waals surface area contributed by atoms with E-state index in [1.807, 2.05) is 72.8 Å². The number of benzene rings is 4. The molecular formula is C27H26O5. The molecule has 164 valence electrons. The van der Waals surface area contributed by atoms with E-state index in [0.717, 1.165) is 10.8 Å². The van der Waals surface area contributed by atoms with Gasteiger partial charge in [0.05, 0.1) is 28.4 Å². The molecule has 1 atom stereocenters. The number of ether oxygens (including phenoxy) is 4. The van der Waals surface area contributed by atoms with Crippen LogP contribution in [0.1, 0.15) is 16.7 Å². The summed E-state index contributed by atoms with van der Waals surface area (Å²) >= 11 is 0. The molecule has 0 unspecified atom stereocenters. The first-order valence-electron chi connectivity index (χ1n) is 10.2. The Balaban J connectivity index is 2.16. The van der Waals surface area contributed by atoms with Crippen molar-refractivity contribution >= 4 is 10.8 Å². The van der Waals surface area contributed by atoms with Gasteiger partial charge in [0, 0.05) is 22.6 Å². The lowest BCUT2D eigenvalue weighted by molar-refractivity contribution is 0.120. The third kappa shape index (κ3) is 3.41. The van der Waals surface area contributed by atoms with Gasteiger partial charge < -0.3 is 24.1 Å². The van der Waals surface area contributed by atoms with Crippen LogP contribution >= 0.6 is 0 Å². The maximum atomic E-state index is 12.6. The molecule has 0 aliphatic carbocycles. The monoisotopic (exact) mass is 430 g/mol. The Labute approximate surface area is 187 Å². The third-order valence-corrected chi connectivity index (χ3v) is 5.77. The van der Waals surface area contributed by atoms with E-state index in [1.54, 1.807) is 34.5 Å². The molecule has 0 heterocycles. The molecule has 0 saturated heterocycles. The molecular weight excluding hydrogens is 404 g/mol. The summed E-state index contributed by atoms with van der Waals surface area (Å²) in [6.45, 7) is 0. The van der Waals surface area contributed by atoms with Crippen LogP contribution in [0.4, 0.5) is 0 Å². The van der Waals surface area contributed by atoms with E-state index in [1.165, 1.54) is 0 Å². The van der Waals surface area contributed by atoms with E-state index in [-0.39, 0.29) is 0 Å². The Bertz CT molecular complexity index is 1240. The molecule has 0 radical (unpaired) electrons. The highest BCUT2D eigenvalue weighted by Crippen LogP contribution is 2.49. The molecule has 0 spiro atoms. The van der Waals surface area contributed by atoms with E-state index in [9.17, 15) is 5.11 Å². The molecule has 0 fully saturated rings. The fraction of sp³-hybridized carbons (Fsp3) is 0.185. The second-order valence-corrected chi connectivity index (χ2v) is 7.34. The Morgan fingerprint density at radius 2 is 1.31 bits per heavy atom. The summed E-state index contributed by atoms with van der Waals surface area (Å²) in [5.74, 6) is 2.39. The highest BCUT2D eigenvalue weighted by atomic mass is 16.5. The number of methoxy groups -OCH3 is 4. The molecule has 4 aromatic rings. The first kappa shape index (κ1) is 21.5. The predicted molar refractivity (Wildman–Crippen MR) is 125 cm³/mol. The summed E-state index contributed by atoms with van der Waals surface area (Å²) in [5.41, 5.74) is 0.264. The average molecular weight is 431 g/mol. The molecule has 32 heavy (non-hydrogen) atoms. The topological polar surface area (TPSA) is 57.2 Å². The lowest BCUT2D eigenvalue weighted by Crippen LogP contribution is -2.30. The Morgan fingerprint density at radius 3 is 1.97 bits per heavy atom. The maximum absolute atomic E-state index is 12.6. The lowest BCUT2D eigenvalue weighted by Gasteiger charge is -2.33. The van der Waals surface area contributed by atoms with Crippen LogP contribution in [0.25, 0.3) is 10.8 Å². The van der Waals surface area contributed by atoms with Gasteiger partial charge >= 0.3 is 0 Å². The molecule has 0 amide bonds. The largest absolute Gasteiger partial charge is 0.497 e. The highest BCUT2D eigenvalue weighted by Gasteiger charge is 2.40. The van der Waals surface area contributed by atoms with Gasteiger partial charge in [0.2, 0.25) is 0 Å². The molecule has 0 saturated carbocycles. The molecule has 0 bridgehead atoms. The zero-order valence-electron chi connectivity index (χ0n) is 18.6. The van der Waals surface area contributed by atoms with Gasteiger partial charge in [0.1, 0.15) is 28.6 Å². The van der Waals surface area contributed by atoms with Crippen LogP contribution < -0.4 is 18.9 Å². The molecule has 0 aliphatic rings. The van der Waals surface area contributed by atoms with E-state index in [0.29, 0.717) is 39.7 Å². The standard InChI is InChI=1S/C27H26O5/c1-29-19-13-15-22(25(17-19)32-4)27(28,18-9-6-5-7-10-18)26-21-11-8-12-23(30-2)20(21)14-16-24(26)31-3/h5-17,28H,1-4H3/t27-/m0/s1. The minimum absolute atomic E-state index is 0.498. The normalized spacial score (nSPS) is 12.8. The predicted octanol–water partition coefficient (Wildman–Crippen LogP) is 5.16. The number of aliphatic hydroxyl groups is 1. The summed E-state index contributed by atoms with van der Waals surface area (Å²) in [5, 5.41) is 14.3. The summed E-state index contributed by atoms with van der Waals surface area (Å²) in [7, 11) is 6.40. The summed E-state index contributed by atoms with van der Waals surface area (Å²) in [6.07, 6.45) is 0. The molecule has 5 nitrogen and oxygen atoms in total. The zero-order chi connectivity index (χ0) is 22.7. The van der Waals surface area contributed by atoms with Crippen LogP contribution in [0.3, 0.4) is 0 Å². The van der Waals surface area contributed by atoms with Crippen LogP contribution in [-0.4, -0.2) is 33.5 Å². The van der Waals surface area contributed by atoms with Crippen LogP contribution in [0, 0.1) is 0 Å². The Kier molecular flexibility index (Phi) is 5.93. The molecule has 0 aromatic heterocycles. The van der Waals surface area contributed by atoms with Gasteiger partial charge in [0.15, 0.2) is 0 Å². The fourth-order valence-electron chi connectivity index (χ4n) is 4.24. The Morgan fingerprint density at radius 1 is 0.594 bits per heavy atom. The van der Waals surface area contributed by atoms with E-state index in [4.69, 9.17) is 18.9 Å². The van der Waals surface area contributed by atoms with Crippen molar-refractivity contribution in [3.8, 4) is 23.0 Å². The van der Waals surface area contributed by atoms with Gasteiger partial charge in [-0.05, 0) is 41.3 Å². The van der Waals surface area contributed by atoms with Crippen molar-refractivity contribution in [2.24, 2.45) is 0 Å². The van der Waals surface area contributed by atoms with Gasteiger partial charge in [0.25, 0.3) is 0 Å². The third-order valence-electron chi connectivity index (χ3n) is 5.77. The van der Waals surface area contributed by atoms with Crippen molar-refractivity contribution in [3.63, 3.8) is 0 Å². The van der Waals surface area contributed by atoms with Crippen LogP contribution in [0.15, 0.2) is 78.9 Å². The van der Waals surface area contributed by atoms with Crippen molar-refractivity contribution in [1.82, 2.24) is 0 Å². The second-order valence-electron chi connectivity index (χ2n) is 7.34. The molecule has 0 aliphatic heterocycles. The minimum atomic E-state index is -1.59. The SMILES string of the molecule is COc1ccc([C@@](O)(c2ccccc2)c2c(OC)ccc3c(OC)cccc23)c(OC)c1. The van der Waals surface area contributed by atoms with Crippen molar-refractivity contribution in [3.05, 3.63) is 95.6 Å². The quantitative estimate of drug-likeness (QED) is 0.411. The number of fused-ring (bicyclic) bond motifs is 1. The van der Waals surface area contributed by atoms with Crippen LogP contribution in [0.2, 0.25) is 0 Å².